The van der Waals surface area contributed by atoms with Crippen LogP contribution in [0.15, 0.2) is 23.3 Å². The normalized spacial score (nSPS) is 18.0. The molecule has 1 saturated heterocycles. The number of carbonyl (C=O) groups is 1. The molecule has 23 heavy (non-hydrogen) atoms. The van der Waals surface area contributed by atoms with Crippen molar-refractivity contribution in [2.24, 2.45) is 0 Å². The number of nitrogens with one attached hydrogen (secondary N) is 3. The van der Waals surface area contributed by atoms with Crippen LogP contribution in [0.4, 0.5) is 5.95 Å². The highest BCUT2D eigenvalue weighted by atomic mass is 16.2. The summed E-state index contributed by atoms with van der Waals surface area (Å²) < 4.78 is 0. The number of anilines is 1. The van der Waals surface area contributed by atoms with E-state index in [0.29, 0.717) is 23.8 Å². The number of aryl methyl sites for hydroxylation is 1. The minimum absolute atomic E-state index is 0.0402. The van der Waals surface area contributed by atoms with E-state index in [-0.39, 0.29) is 23.9 Å². The van der Waals surface area contributed by atoms with Crippen molar-refractivity contribution in [3.63, 3.8) is 0 Å². The molecule has 122 valence electrons. The third-order valence-electron chi connectivity index (χ3n) is 4.05. The quantitative estimate of drug-likeness (QED) is 0.743. The molecule has 1 aliphatic rings. The van der Waals surface area contributed by atoms with Gasteiger partial charge in [-0.2, -0.15) is 0 Å². The van der Waals surface area contributed by atoms with E-state index >= 15 is 0 Å². The molecule has 3 N–H and O–H groups in total. The Morgan fingerprint density at radius 3 is 2.87 bits per heavy atom. The highest BCUT2D eigenvalue weighted by Crippen LogP contribution is 2.15. The van der Waals surface area contributed by atoms with E-state index in [9.17, 15) is 9.59 Å². The van der Waals surface area contributed by atoms with Gasteiger partial charge >= 0.3 is 0 Å². The maximum atomic E-state index is 12.2. The highest BCUT2D eigenvalue weighted by molar-refractivity contribution is 5.79. The molecule has 0 bridgehead atoms. The van der Waals surface area contributed by atoms with Crippen LogP contribution in [-0.4, -0.2) is 45.2 Å². The van der Waals surface area contributed by atoms with Crippen LogP contribution in [0.3, 0.4) is 0 Å². The lowest BCUT2D eigenvalue weighted by molar-refractivity contribution is -0.121. The lowest BCUT2D eigenvalue weighted by Gasteiger charge is -2.33. The van der Waals surface area contributed by atoms with Crippen LogP contribution in [-0.2, 0) is 11.2 Å². The van der Waals surface area contributed by atoms with E-state index in [1.165, 1.54) is 0 Å². The van der Waals surface area contributed by atoms with Gasteiger partial charge in [0.25, 0.3) is 5.56 Å². The van der Waals surface area contributed by atoms with Gasteiger partial charge in [-0.25, -0.2) is 9.97 Å². The molecule has 8 nitrogen and oxygen atoms in total. The van der Waals surface area contributed by atoms with Crippen LogP contribution in [0.5, 0.6) is 0 Å². The molecule has 8 heteroatoms. The maximum Gasteiger partial charge on any atom is 0.267 e. The molecule has 0 spiro atoms. The average Bonchev–Trinajstić information content (AvgIpc) is 2.88. The van der Waals surface area contributed by atoms with Crippen molar-refractivity contribution in [2.75, 3.05) is 18.0 Å². The Balaban J connectivity index is 1.59. The predicted octanol–water partition coefficient (Wildman–Crippen LogP) is 0.129. The van der Waals surface area contributed by atoms with Crippen LogP contribution >= 0.6 is 0 Å². The fraction of sp³-hybridized carbons (Fsp3) is 0.467. The largest absolute Gasteiger partial charge is 0.351 e. The van der Waals surface area contributed by atoms with Crippen LogP contribution in [0.25, 0.3) is 0 Å². The first kappa shape index (κ1) is 15.3. The Morgan fingerprint density at radius 1 is 1.39 bits per heavy atom. The number of nitrogens with zero attached hydrogens (tertiary/aromatic N) is 3. The van der Waals surface area contributed by atoms with E-state index < -0.39 is 0 Å². The fourth-order valence-electron chi connectivity index (χ4n) is 2.85. The second-order valence-electron chi connectivity index (χ2n) is 5.76. The van der Waals surface area contributed by atoms with Gasteiger partial charge in [0, 0.05) is 42.8 Å². The maximum absolute atomic E-state index is 12.2. The summed E-state index contributed by atoms with van der Waals surface area (Å²) in [5.74, 6) is 0.545. The summed E-state index contributed by atoms with van der Waals surface area (Å²) in [6.07, 6.45) is 5.39. The fourth-order valence-corrected chi connectivity index (χ4v) is 2.85. The molecule has 2 aromatic rings. The number of aromatic amines is 2. The molecule has 0 unspecified atom stereocenters. The van der Waals surface area contributed by atoms with Crippen molar-refractivity contribution in [3.05, 3.63) is 40.1 Å². The van der Waals surface area contributed by atoms with Gasteiger partial charge in [-0.15, -0.1) is 0 Å². The van der Waals surface area contributed by atoms with Gasteiger partial charge in [-0.1, -0.05) is 0 Å². The van der Waals surface area contributed by atoms with Crippen LogP contribution in [0.1, 0.15) is 24.1 Å². The van der Waals surface area contributed by atoms with E-state index in [1.54, 1.807) is 25.4 Å². The van der Waals surface area contributed by atoms with Crippen LogP contribution in [0.2, 0.25) is 0 Å². The van der Waals surface area contributed by atoms with Crippen LogP contribution < -0.4 is 15.8 Å². The molecule has 3 rings (SSSR count). The number of hydrogen-bond donors (Lipinski definition) is 3. The number of carbonyl (C=O) groups excluding carboxylic acids is 1. The molecule has 0 radical (unpaired) electrons. The number of aromatic nitrogens is 4. The Kier molecular flexibility index (Phi) is 4.40. The van der Waals surface area contributed by atoms with Crippen molar-refractivity contribution in [1.82, 2.24) is 25.5 Å². The molecule has 1 amide bonds. The van der Waals surface area contributed by atoms with Crippen molar-refractivity contribution in [3.8, 4) is 0 Å². The first-order chi connectivity index (χ1) is 11.1. The summed E-state index contributed by atoms with van der Waals surface area (Å²) in [6.45, 7) is 3.33. The third kappa shape index (κ3) is 3.58. The van der Waals surface area contributed by atoms with Crippen LogP contribution in [0, 0.1) is 6.92 Å². The van der Waals surface area contributed by atoms with Gasteiger partial charge in [0.15, 0.2) is 0 Å². The molecule has 1 aliphatic heterocycles. The second kappa shape index (κ2) is 6.64. The molecular formula is C15H20N6O2. The van der Waals surface area contributed by atoms with Crippen molar-refractivity contribution in [2.45, 2.75) is 32.2 Å². The third-order valence-corrected chi connectivity index (χ3v) is 4.05. The van der Waals surface area contributed by atoms with Gasteiger partial charge in [0.05, 0.1) is 6.42 Å². The Morgan fingerprint density at radius 2 is 2.17 bits per heavy atom. The number of amides is 1. The summed E-state index contributed by atoms with van der Waals surface area (Å²) >= 11 is 0. The lowest BCUT2D eigenvalue weighted by atomic mass is 10.1. The van der Waals surface area contributed by atoms with E-state index in [4.69, 9.17) is 0 Å². The number of hydrogen-bond acceptors (Lipinski definition) is 5. The second-order valence-corrected chi connectivity index (χ2v) is 5.76. The SMILES string of the molecule is Cc1[nH][nH]c(=O)c1CC(=O)N[C@H]1CCCN(c2ncccn2)C1. The molecule has 1 atom stereocenters. The number of piperidine rings is 1. The molecule has 1 fully saturated rings. The van der Waals surface area contributed by atoms with Gasteiger partial charge in [-0.3, -0.25) is 14.7 Å². The predicted molar refractivity (Wildman–Crippen MR) is 85.3 cm³/mol. The Labute approximate surface area is 133 Å². The van der Waals surface area contributed by atoms with Crippen molar-refractivity contribution < 1.29 is 4.79 Å². The molecular weight excluding hydrogens is 296 g/mol. The minimum Gasteiger partial charge on any atom is -0.351 e. The molecule has 0 aromatic carbocycles. The molecule has 0 saturated carbocycles. The van der Waals surface area contributed by atoms with Gasteiger partial charge < -0.3 is 15.3 Å². The Hall–Kier alpha value is -2.64. The van der Waals surface area contributed by atoms with E-state index in [0.717, 1.165) is 19.4 Å². The smallest absolute Gasteiger partial charge is 0.267 e. The topological polar surface area (TPSA) is 107 Å². The standard InChI is InChI=1S/C15H20N6O2/c1-10-12(14(23)20-19-10)8-13(22)18-11-4-2-7-21(9-11)15-16-5-3-6-17-15/h3,5-6,11H,2,4,7-9H2,1H3,(H,18,22)(H2,19,20,23)/t11-/m0/s1. The first-order valence-corrected chi connectivity index (χ1v) is 7.71. The number of H-pyrrole nitrogens is 2. The van der Waals surface area contributed by atoms with Gasteiger partial charge in [-0.05, 0) is 25.8 Å². The zero-order valence-electron chi connectivity index (χ0n) is 13.0. The zero-order valence-corrected chi connectivity index (χ0v) is 13.0. The average molecular weight is 316 g/mol. The van der Waals surface area contributed by atoms with E-state index in [2.05, 4.69) is 30.4 Å². The monoisotopic (exact) mass is 316 g/mol. The lowest BCUT2D eigenvalue weighted by Crippen LogP contribution is -2.48. The summed E-state index contributed by atoms with van der Waals surface area (Å²) in [5, 5.41) is 8.23. The summed E-state index contributed by atoms with van der Waals surface area (Å²) in [6, 6.07) is 1.82. The van der Waals surface area contributed by atoms with E-state index in [1.807, 2.05) is 0 Å². The summed E-state index contributed by atoms with van der Waals surface area (Å²) in [7, 11) is 0. The summed E-state index contributed by atoms with van der Waals surface area (Å²) in [5.41, 5.74) is 0.954. The number of rotatable bonds is 4. The molecule has 3 heterocycles. The van der Waals surface area contributed by atoms with Crippen molar-refractivity contribution in [1.29, 1.82) is 0 Å². The van der Waals surface area contributed by atoms with Gasteiger partial charge in [0.2, 0.25) is 11.9 Å². The molecule has 0 aliphatic carbocycles. The molecule has 2 aromatic heterocycles. The first-order valence-electron chi connectivity index (χ1n) is 7.71. The van der Waals surface area contributed by atoms with Crippen molar-refractivity contribution >= 4 is 11.9 Å². The Bertz CT molecular complexity index is 723. The van der Waals surface area contributed by atoms with Gasteiger partial charge in [0.1, 0.15) is 0 Å². The summed E-state index contributed by atoms with van der Waals surface area (Å²) in [4.78, 5) is 34.4. The minimum atomic E-state index is -0.236. The zero-order chi connectivity index (χ0) is 16.2. The highest BCUT2D eigenvalue weighted by Gasteiger charge is 2.23.